The Morgan fingerprint density at radius 3 is 2.52 bits per heavy atom. The van der Waals surface area contributed by atoms with Crippen LogP contribution in [0.2, 0.25) is 0 Å². The van der Waals surface area contributed by atoms with E-state index >= 15 is 0 Å². The van der Waals surface area contributed by atoms with Crippen molar-refractivity contribution in [3.63, 3.8) is 0 Å². The molecule has 0 saturated carbocycles. The lowest BCUT2D eigenvalue weighted by atomic mass is 10.1. The van der Waals surface area contributed by atoms with Crippen molar-refractivity contribution in [3.8, 4) is 11.3 Å². The second-order valence-electron chi connectivity index (χ2n) is 6.00. The Morgan fingerprint density at radius 2 is 1.78 bits per heavy atom. The second-order valence-corrected chi connectivity index (χ2v) is 6.00. The molecule has 0 unspecified atom stereocenters. The van der Waals surface area contributed by atoms with Gasteiger partial charge in [-0.2, -0.15) is 18.3 Å². The van der Waals surface area contributed by atoms with E-state index in [2.05, 4.69) is 20.4 Å². The van der Waals surface area contributed by atoms with Crippen LogP contribution in [0.5, 0.6) is 0 Å². The molecule has 27 heavy (non-hydrogen) atoms. The van der Waals surface area contributed by atoms with Crippen LogP contribution in [0.15, 0.2) is 61.1 Å². The fourth-order valence-corrected chi connectivity index (χ4v) is 2.84. The summed E-state index contributed by atoms with van der Waals surface area (Å²) in [5.74, 6) is 0.538. The van der Waals surface area contributed by atoms with Gasteiger partial charge in [0.25, 0.3) is 0 Å². The second kappa shape index (κ2) is 6.39. The predicted octanol–water partition coefficient (Wildman–Crippen LogP) is 4.79. The van der Waals surface area contributed by atoms with Crippen LogP contribution in [0.1, 0.15) is 5.56 Å². The van der Waals surface area contributed by atoms with E-state index in [0.29, 0.717) is 17.1 Å². The van der Waals surface area contributed by atoms with E-state index in [4.69, 9.17) is 0 Å². The Hall–Kier alpha value is -3.42. The minimum Gasteiger partial charge on any atom is -0.340 e. The van der Waals surface area contributed by atoms with Gasteiger partial charge < -0.3 is 5.32 Å². The number of halogens is 3. The highest BCUT2D eigenvalue weighted by molar-refractivity contribution is 5.93. The Bertz CT molecular complexity index is 1100. The normalized spacial score (nSPS) is 11.7. The molecule has 136 valence electrons. The lowest BCUT2D eigenvalue weighted by molar-refractivity contribution is -0.137. The van der Waals surface area contributed by atoms with Gasteiger partial charge in [-0.05, 0) is 24.3 Å². The molecule has 0 spiro atoms. The summed E-state index contributed by atoms with van der Waals surface area (Å²) >= 11 is 0. The molecular formula is C19H14F3N5. The van der Waals surface area contributed by atoms with Crippen LogP contribution < -0.4 is 5.32 Å². The highest BCUT2D eigenvalue weighted by atomic mass is 19.4. The van der Waals surface area contributed by atoms with Crippen LogP contribution >= 0.6 is 0 Å². The van der Waals surface area contributed by atoms with Crippen molar-refractivity contribution < 1.29 is 13.2 Å². The van der Waals surface area contributed by atoms with Crippen molar-refractivity contribution >= 4 is 22.4 Å². The molecule has 1 N–H and O–H groups in total. The maximum absolute atomic E-state index is 12.7. The van der Waals surface area contributed by atoms with E-state index in [-0.39, 0.29) is 0 Å². The maximum atomic E-state index is 12.7. The van der Waals surface area contributed by atoms with Crippen LogP contribution in [-0.2, 0) is 13.2 Å². The molecule has 0 aliphatic heterocycles. The standard InChI is InChI=1S/C19H14F3N5/c1-27-17-4-2-3-15(14(17)10-25-27)26-18-9-16(23-11-24-18)12-5-7-13(8-6-12)19(20,21)22/h2-11H,1H3,(H,23,24,26). The molecule has 4 rings (SSSR count). The molecule has 2 aromatic heterocycles. The SMILES string of the molecule is Cn1ncc2c(Nc3cc(-c4ccc(C(F)(F)F)cc4)ncn3)cccc21. The Morgan fingerprint density at radius 1 is 1.00 bits per heavy atom. The lowest BCUT2D eigenvalue weighted by Gasteiger charge is -2.09. The third-order valence-electron chi connectivity index (χ3n) is 4.23. The molecular weight excluding hydrogens is 355 g/mol. The number of benzene rings is 2. The van der Waals surface area contributed by atoms with Crippen LogP contribution in [0.3, 0.4) is 0 Å². The van der Waals surface area contributed by atoms with E-state index < -0.39 is 11.7 Å². The average molecular weight is 369 g/mol. The van der Waals surface area contributed by atoms with E-state index in [1.165, 1.54) is 18.5 Å². The van der Waals surface area contributed by atoms with Gasteiger partial charge in [0.05, 0.1) is 28.7 Å². The summed E-state index contributed by atoms with van der Waals surface area (Å²) in [6.45, 7) is 0. The molecule has 4 aromatic rings. The fraction of sp³-hybridized carbons (Fsp3) is 0.105. The molecule has 0 amide bonds. The topological polar surface area (TPSA) is 55.6 Å². The zero-order chi connectivity index (χ0) is 19.0. The van der Waals surface area contributed by atoms with Crippen molar-refractivity contribution in [3.05, 3.63) is 66.6 Å². The van der Waals surface area contributed by atoms with Gasteiger partial charge in [0.15, 0.2) is 0 Å². The quantitative estimate of drug-likeness (QED) is 0.564. The maximum Gasteiger partial charge on any atom is 0.416 e. The van der Waals surface area contributed by atoms with Gasteiger partial charge in [-0.3, -0.25) is 4.68 Å². The first kappa shape index (κ1) is 17.0. The smallest absolute Gasteiger partial charge is 0.340 e. The Balaban J connectivity index is 1.64. The van der Waals surface area contributed by atoms with E-state index in [9.17, 15) is 13.2 Å². The molecule has 0 aliphatic carbocycles. The Kier molecular flexibility index (Phi) is 4.02. The molecule has 0 aliphatic rings. The zero-order valence-electron chi connectivity index (χ0n) is 14.2. The van der Waals surface area contributed by atoms with E-state index in [0.717, 1.165) is 28.7 Å². The fourth-order valence-electron chi connectivity index (χ4n) is 2.84. The summed E-state index contributed by atoms with van der Waals surface area (Å²) in [4.78, 5) is 8.36. The van der Waals surface area contributed by atoms with Crippen molar-refractivity contribution in [2.24, 2.45) is 7.05 Å². The Labute approximate surface area is 152 Å². The zero-order valence-corrected chi connectivity index (χ0v) is 14.2. The number of hydrogen-bond acceptors (Lipinski definition) is 4. The summed E-state index contributed by atoms with van der Waals surface area (Å²) < 4.78 is 39.9. The predicted molar refractivity (Wildman–Crippen MR) is 96.5 cm³/mol. The molecule has 0 bridgehead atoms. The number of rotatable bonds is 3. The molecule has 2 aromatic carbocycles. The molecule has 0 radical (unpaired) electrons. The highest BCUT2D eigenvalue weighted by Crippen LogP contribution is 2.31. The molecule has 0 saturated heterocycles. The molecule has 0 fully saturated rings. The number of nitrogens with zero attached hydrogens (tertiary/aromatic N) is 4. The van der Waals surface area contributed by atoms with Gasteiger partial charge in [-0.25, -0.2) is 9.97 Å². The number of nitrogens with one attached hydrogen (secondary N) is 1. The number of hydrogen-bond donors (Lipinski definition) is 1. The van der Waals surface area contributed by atoms with Crippen molar-refractivity contribution in [2.45, 2.75) is 6.18 Å². The van der Waals surface area contributed by atoms with Crippen molar-refractivity contribution in [1.82, 2.24) is 19.7 Å². The lowest BCUT2D eigenvalue weighted by Crippen LogP contribution is -2.04. The summed E-state index contributed by atoms with van der Waals surface area (Å²) in [6, 6.07) is 12.3. The number of aryl methyl sites for hydroxylation is 1. The number of fused-ring (bicyclic) bond motifs is 1. The molecule has 2 heterocycles. The number of alkyl halides is 3. The van der Waals surface area contributed by atoms with Gasteiger partial charge in [-0.15, -0.1) is 0 Å². The highest BCUT2D eigenvalue weighted by Gasteiger charge is 2.30. The third kappa shape index (κ3) is 3.33. The van der Waals surface area contributed by atoms with Crippen LogP contribution in [0.25, 0.3) is 22.2 Å². The van der Waals surface area contributed by atoms with E-state index in [1.54, 1.807) is 16.9 Å². The minimum atomic E-state index is -4.36. The van der Waals surface area contributed by atoms with Gasteiger partial charge >= 0.3 is 6.18 Å². The minimum absolute atomic E-state index is 0.527. The number of aromatic nitrogens is 4. The van der Waals surface area contributed by atoms with Crippen LogP contribution in [-0.4, -0.2) is 19.7 Å². The summed E-state index contributed by atoms with van der Waals surface area (Å²) in [6.07, 6.45) is -1.23. The van der Waals surface area contributed by atoms with Crippen LogP contribution in [0.4, 0.5) is 24.7 Å². The molecule has 0 atom stereocenters. The van der Waals surface area contributed by atoms with Gasteiger partial charge in [-0.1, -0.05) is 18.2 Å². The first-order valence-corrected chi connectivity index (χ1v) is 8.09. The summed E-state index contributed by atoms with van der Waals surface area (Å²) in [5.41, 5.74) is 2.21. The van der Waals surface area contributed by atoms with Crippen molar-refractivity contribution in [1.29, 1.82) is 0 Å². The van der Waals surface area contributed by atoms with Gasteiger partial charge in [0.1, 0.15) is 12.1 Å². The average Bonchev–Trinajstić information content (AvgIpc) is 3.04. The first-order chi connectivity index (χ1) is 12.9. The van der Waals surface area contributed by atoms with Crippen molar-refractivity contribution in [2.75, 3.05) is 5.32 Å². The van der Waals surface area contributed by atoms with Gasteiger partial charge in [0.2, 0.25) is 0 Å². The largest absolute Gasteiger partial charge is 0.416 e. The number of anilines is 2. The van der Waals surface area contributed by atoms with Gasteiger partial charge in [0, 0.05) is 24.1 Å². The summed E-state index contributed by atoms with van der Waals surface area (Å²) in [5, 5.41) is 8.40. The monoisotopic (exact) mass is 369 g/mol. The van der Waals surface area contributed by atoms with E-state index in [1.807, 2.05) is 25.2 Å². The molecule has 5 nitrogen and oxygen atoms in total. The third-order valence-corrected chi connectivity index (χ3v) is 4.23. The summed E-state index contributed by atoms with van der Waals surface area (Å²) in [7, 11) is 1.86. The first-order valence-electron chi connectivity index (χ1n) is 8.09. The molecule has 8 heteroatoms. The van der Waals surface area contributed by atoms with Crippen LogP contribution in [0, 0.1) is 0 Å².